The molecule has 29 heavy (non-hydrogen) atoms. The van der Waals surface area contributed by atoms with Crippen molar-refractivity contribution in [2.75, 3.05) is 0 Å². The Morgan fingerprint density at radius 2 is 1.79 bits per heavy atom. The van der Waals surface area contributed by atoms with Gasteiger partial charge in [0.2, 0.25) is 0 Å². The van der Waals surface area contributed by atoms with Crippen LogP contribution in [0.2, 0.25) is 0 Å². The summed E-state index contributed by atoms with van der Waals surface area (Å²) in [5.74, 6) is -0.574. The number of phenols is 1. The Labute approximate surface area is 165 Å². The number of aromatic hydroxyl groups is 1. The first-order valence-electron chi connectivity index (χ1n) is 8.66. The van der Waals surface area contributed by atoms with Gasteiger partial charge in [0.1, 0.15) is 5.75 Å². The van der Waals surface area contributed by atoms with Gasteiger partial charge in [0.05, 0.1) is 11.8 Å². The van der Waals surface area contributed by atoms with Gasteiger partial charge in [-0.05, 0) is 62.4 Å². The topological polar surface area (TPSA) is 66.6 Å². The summed E-state index contributed by atoms with van der Waals surface area (Å²) in [6.07, 6.45) is -3.09. The van der Waals surface area contributed by atoms with Crippen molar-refractivity contribution in [3.8, 4) is 11.4 Å². The Morgan fingerprint density at radius 3 is 2.45 bits per heavy atom. The lowest BCUT2D eigenvalue weighted by molar-refractivity contribution is -0.137. The average molecular weight is 401 g/mol. The zero-order chi connectivity index (χ0) is 21.2. The monoisotopic (exact) mass is 401 g/mol. The van der Waals surface area contributed by atoms with Gasteiger partial charge in [0, 0.05) is 28.2 Å². The molecule has 150 valence electrons. The van der Waals surface area contributed by atoms with Gasteiger partial charge in [-0.25, -0.2) is 5.43 Å². The van der Waals surface area contributed by atoms with Crippen LogP contribution in [-0.4, -0.2) is 21.8 Å². The molecule has 2 N–H and O–H groups in total. The molecule has 8 heteroatoms. The number of halogens is 3. The number of hydrogen-bond acceptors (Lipinski definition) is 3. The number of carbonyl (C=O) groups is 1. The van der Waals surface area contributed by atoms with Gasteiger partial charge >= 0.3 is 6.18 Å². The Balaban J connectivity index is 1.77. The fourth-order valence-corrected chi connectivity index (χ4v) is 2.98. The van der Waals surface area contributed by atoms with Crippen LogP contribution in [0.3, 0.4) is 0 Å². The Bertz CT molecular complexity index is 1070. The number of nitrogens with zero attached hydrogens (tertiary/aromatic N) is 2. The smallest absolute Gasteiger partial charge is 0.416 e. The Hall–Kier alpha value is -3.55. The summed E-state index contributed by atoms with van der Waals surface area (Å²) in [6.45, 7) is 3.77. The molecule has 0 saturated carbocycles. The number of amides is 1. The third-order valence-electron chi connectivity index (χ3n) is 4.40. The van der Waals surface area contributed by atoms with E-state index in [0.717, 1.165) is 34.8 Å². The number of phenolic OH excluding ortho intramolecular Hbond substituents is 1. The molecule has 0 atom stereocenters. The predicted molar refractivity (Wildman–Crippen MR) is 103 cm³/mol. The Morgan fingerprint density at radius 1 is 1.10 bits per heavy atom. The molecule has 0 radical (unpaired) electrons. The summed E-state index contributed by atoms with van der Waals surface area (Å²) >= 11 is 0. The van der Waals surface area contributed by atoms with Crippen LogP contribution in [0.25, 0.3) is 5.69 Å². The van der Waals surface area contributed by atoms with Gasteiger partial charge in [0.25, 0.3) is 5.91 Å². The predicted octanol–water partition coefficient (Wildman–Crippen LogP) is 4.58. The van der Waals surface area contributed by atoms with Gasteiger partial charge in [-0.3, -0.25) is 4.79 Å². The molecular formula is C21H18F3N3O2. The van der Waals surface area contributed by atoms with Crippen molar-refractivity contribution in [3.63, 3.8) is 0 Å². The minimum absolute atomic E-state index is 0.133. The van der Waals surface area contributed by atoms with Crippen LogP contribution >= 0.6 is 0 Å². The molecule has 0 unspecified atom stereocenters. The van der Waals surface area contributed by atoms with E-state index >= 15 is 0 Å². The van der Waals surface area contributed by atoms with Gasteiger partial charge in [-0.2, -0.15) is 18.3 Å². The maximum Gasteiger partial charge on any atom is 0.416 e. The molecule has 2 aromatic carbocycles. The van der Waals surface area contributed by atoms with E-state index in [2.05, 4.69) is 10.5 Å². The molecule has 0 bridgehead atoms. The van der Waals surface area contributed by atoms with E-state index in [1.807, 2.05) is 24.5 Å². The van der Waals surface area contributed by atoms with Crippen LogP contribution in [-0.2, 0) is 6.18 Å². The second-order valence-electron chi connectivity index (χ2n) is 6.46. The second kappa shape index (κ2) is 7.83. The number of rotatable bonds is 4. The van der Waals surface area contributed by atoms with Crippen LogP contribution in [0.4, 0.5) is 13.2 Å². The van der Waals surface area contributed by atoms with Crippen LogP contribution < -0.4 is 5.43 Å². The molecule has 5 nitrogen and oxygen atoms in total. The van der Waals surface area contributed by atoms with E-state index in [-0.39, 0.29) is 11.3 Å². The van der Waals surface area contributed by atoms with Crippen molar-refractivity contribution >= 4 is 12.1 Å². The molecule has 0 fully saturated rings. The highest BCUT2D eigenvalue weighted by Crippen LogP contribution is 2.29. The summed E-state index contributed by atoms with van der Waals surface area (Å²) in [5.41, 5.74) is 4.58. The number of carbonyl (C=O) groups excluding carboxylic acids is 1. The van der Waals surface area contributed by atoms with Crippen LogP contribution in [0, 0.1) is 13.8 Å². The zero-order valence-corrected chi connectivity index (χ0v) is 15.7. The van der Waals surface area contributed by atoms with E-state index in [1.54, 1.807) is 24.3 Å². The van der Waals surface area contributed by atoms with Crippen molar-refractivity contribution in [2.45, 2.75) is 20.0 Å². The standard InChI is InChI=1S/C21H18F3N3O2/c1-13-10-16(14(2)27(13)18-6-8-19(28)9-7-18)12-25-26-20(29)15-4-3-5-17(11-15)21(22,23)24/h3-12,28H,1-2H3,(H,26,29)/b25-12+. The molecule has 0 aliphatic heterocycles. The normalized spacial score (nSPS) is 11.8. The first kappa shape index (κ1) is 20.2. The highest BCUT2D eigenvalue weighted by Gasteiger charge is 2.30. The van der Waals surface area contributed by atoms with Crippen LogP contribution in [0.5, 0.6) is 5.75 Å². The number of alkyl halides is 3. The SMILES string of the molecule is Cc1cc(/C=N/NC(=O)c2cccc(C(F)(F)F)c2)c(C)n1-c1ccc(O)cc1. The molecule has 0 aliphatic carbocycles. The molecule has 1 heterocycles. The van der Waals surface area contributed by atoms with Gasteiger partial charge in [-0.1, -0.05) is 6.07 Å². The lowest BCUT2D eigenvalue weighted by atomic mass is 10.1. The molecule has 0 saturated heterocycles. The summed E-state index contributed by atoms with van der Waals surface area (Å²) in [4.78, 5) is 12.1. The molecule has 0 spiro atoms. The molecular weight excluding hydrogens is 383 g/mol. The molecule has 1 aromatic heterocycles. The van der Waals surface area contributed by atoms with Crippen LogP contribution in [0.15, 0.2) is 59.7 Å². The number of benzene rings is 2. The largest absolute Gasteiger partial charge is 0.508 e. The molecule has 3 aromatic rings. The van der Waals surface area contributed by atoms with E-state index in [4.69, 9.17) is 0 Å². The minimum Gasteiger partial charge on any atom is -0.508 e. The van der Waals surface area contributed by atoms with E-state index < -0.39 is 17.6 Å². The van der Waals surface area contributed by atoms with Crippen LogP contribution in [0.1, 0.15) is 32.9 Å². The van der Waals surface area contributed by atoms with Gasteiger partial charge < -0.3 is 9.67 Å². The van der Waals surface area contributed by atoms with Crippen molar-refractivity contribution in [2.24, 2.45) is 5.10 Å². The first-order chi connectivity index (χ1) is 13.7. The molecule has 0 aliphatic rings. The van der Waals surface area contributed by atoms with E-state index in [0.29, 0.717) is 0 Å². The minimum atomic E-state index is -4.52. The van der Waals surface area contributed by atoms with E-state index in [1.165, 1.54) is 18.3 Å². The number of aryl methyl sites for hydroxylation is 1. The van der Waals surface area contributed by atoms with E-state index in [9.17, 15) is 23.1 Å². The summed E-state index contributed by atoms with van der Waals surface area (Å²) in [6, 6.07) is 12.7. The highest BCUT2D eigenvalue weighted by atomic mass is 19.4. The van der Waals surface area contributed by atoms with Crippen molar-refractivity contribution in [1.82, 2.24) is 9.99 Å². The number of hydrazone groups is 1. The average Bonchev–Trinajstić information content (AvgIpc) is 2.95. The fourth-order valence-electron chi connectivity index (χ4n) is 2.98. The second-order valence-corrected chi connectivity index (χ2v) is 6.46. The number of nitrogens with one attached hydrogen (secondary N) is 1. The summed E-state index contributed by atoms with van der Waals surface area (Å²) in [7, 11) is 0. The number of hydrogen-bond donors (Lipinski definition) is 2. The third kappa shape index (κ3) is 4.48. The van der Waals surface area contributed by atoms with Gasteiger partial charge in [-0.15, -0.1) is 0 Å². The molecule has 1 amide bonds. The Kier molecular flexibility index (Phi) is 5.45. The van der Waals surface area contributed by atoms with Crippen molar-refractivity contribution in [3.05, 3.63) is 82.7 Å². The van der Waals surface area contributed by atoms with Crippen molar-refractivity contribution in [1.29, 1.82) is 0 Å². The van der Waals surface area contributed by atoms with Crippen molar-refractivity contribution < 1.29 is 23.1 Å². The molecule has 3 rings (SSSR count). The quantitative estimate of drug-likeness (QED) is 0.496. The number of aromatic nitrogens is 1. The summed E-state index contributed by atoms with van der Waals surface area (Å²) in [5, 5.41) is 13.3. The highest BCUT2D eigenvalue weighted by molar-refractivity contribution is 5.95. The zero-order valence-electron chi connectivity index (χ0n) is 15.7. The summed E-state index contributed by atoms with van der Waals surface area (Å²) < 4.78 is 40.3. The lowest BCUT2D eigenvalue weighted by Crippen LogP contribution is -2.18. The van der Waals surface area contributed by atoms with Gasteiger partial charge in [0.15, 0.2) is 0 Å². The third-order valence-corrected chi connectivity index (χ3v) is 4.40. The lowest BCUT2D eigenvalue weighted by Gasteiger charge is -2.09. The maximum atomic E-state index is 12.8. The first-order valence-corrected chi connectivity index (χ1v) is 8.66. The maximum absolute atomic E-state index is 12.8. The fraction of sp³-hybridized carbons (Fsp3) is 0.143.